The molecule has 3 N–H and O–H groups in total. The van der Waals surface area contributed by atoms with Gasteiger partial charge in [-0.25, -0.2) is 0 Å². The lowest BCUT2D eigenvalue weighted by Gasteiger charge is -2.09. The minimum Gasteiger partial charge on any atom is -0.354 e. The van der Waals surface area contributed by atoms with Crippen LogP contribution in [-0.2, 0) is 12.7 Å². The Bertz CT molecular complexity index is 1330. The second-order valence-corrected chi connectivity index (χ2v) is 7.32. The summed E-state index contributed by atoms with van der Waals surface area (Å²) in [5.74, 6) is -0.651. The van der Waals surface area contributed by atoms with Gasteiger partial charge >= 0.3 is 6.18 Å². The van der Waals surface area contributed by atoms with Crippen LogP contribution in [-0.4, -0.2) is 28.8 Å². The van der Waals surface area contributed by atoms with Crippen LogP contribution in [0, 0.1) is 0 Å². The molecule has 0 radical (unpaired) electrons. The van der Waals surface area contributed by atoms with E-state index in [1.54, 1.807) is 37.4 Å². The topological polar surface area (TPSA) is 86.9 Å². The number of carbonyl (C=O) groups excluding carboxylic acids is 2. The highest BCUT2D eigenvalue weighted by Crippen LogP contribution is 2.30. The van der Waals surface area contributed by atoms with Gasteiger partial charge in [0.1, 0.15) is 5.69 Å². The van der Waals surface area contributed by atoms with Crippen LogP contribution >= 0.6 is 0 Å². The smallest absolute Gasteiger partial charge is 0.354 e. The normalized spacial score (nSPS) is 11.4. The fourth-order valence-electron chi connectivity index (χ4n) is 3.49. The van der Waals surface area contributed by atoms with Crippen LogP contribution < -0.4 is 10.6 Å². The van der Waals surface area contributed by atoms with Crippen LogP contribution in [0.3, 0.4) is 0 Å². The van der Waals surface area contributed by atoms with Crippen molar-refractivity contribution in [3.63, 3.8) is 0 Å². The van der Waals surface area contributed by atoms with Crippen LogP contribution in [0.25, 0.3) is 22.0 Å². The Morgan fingerprint density at radius 2 is 1.76 bits per heavy atom. The highest BCUT2D eigenvalue weighted by Gasteiger charge is 2.30. The lowest BCUT2D eigenvalue weighted by molar-refractivity contribution is -0.137. The largest absolute Gasteiger partial charge is 0.416 e. The molecule has 2 aromatic heterocycles. The van der Waals surface area contributed by atoms with Crippen LogP contribution in [0.2, 0.25) is 0 Å². The summed E-state index contributed by atoms with van der Waals surface area (Å²) in [5, 5.41) is 6.03. The Morgan fingerprint density at radius 1 is 1.00 bits per heavy atom. The lowest BCUT2D eigenvalue weighted by Crippen LogP contribution is -2.23. The number of pyridine rings is 1. The van der Waals surface area contributed by atoms with Gasteiger partial charge in [-0.1, -0.05) is 24.3 Å². The number of fused-ring (bicyclic) bond motifs is 1. The number of nitrogens with one attached hydrogen (secondary N) is 3. The first-order valence-electron chi connectivity index (χ1n) is 10.0. The number of aromatic nitrogens is 2. The van der Waals surface area contributed by atoms with E-state index in [1.165, 1.54) is 0 Å². The number of H-pyrrole nitrogens is 1. The third-order valence-electron chi connectivity index (χ3n) is 5.17. The first-order valence-corrected chi connectivity index (χ1v) is 10.0. The standard InChI is InChI=1S/C24H19F3N4O2/c1-28-23(33)21-12-19-18(3-2-4-20(19)31-21)14-5-7-15(8-6-14)22(32)30-13-17-11-16(9-10-29-17)24(25,26)27/h2-12,31H,13H2,1H3,(H,28,33)(H,30,32). The molecule has 0 saturated heterocycles. The zero-order valence-corrected chi connectivity index (χ0v) is 17.5. The van der Waals surface area contributed by atoms with Crippen molar-refractivity contribution in [2.24, 2.45) is 0 Å². The molecule has 0 aliphatic carbocycles. The van der Waals surface area contributed by atoms with E-state index in [1.807, 2.05) is 18.2 Å². The van der Waals surface area contributed by atoms with Gasteiger partial charge < -0.3 is 15.6 Å². The van der Waals surface area contributed by atoms with Gasteiger partial charge in [-0.2, -0.15) is 13.2 Å². The molecule has 4 aromatic rings. The van der Waals surface area contributed by atoms with Crippen LogP contribution in [0.5, 0.6) is 0 Å². The zero-order valence-electron chi connectivity index (χ0n) is 17.5. The van der Waals surface area contributed by atoms with Gasteiger partial charge in [0.15, 0.2) is 0 Å². The molecule has 0 atom stereocenters. The van der Waals surface area contributed by atoms with E-state index in [0.717, 1.165) is 40.4 Å². The molecule has 0 aliphatic rings. The average Bonchev–Trinajstić information content (AvgIpc) is 3.26. The molecule has 6 nitrogen and oxygen atoms in total. The summed E-state index contributed by atoms with van der Waals surface area (Å²) in [5.41, 5.74) is 2.64. The predicted octanol–water partition coefficient (Wildman–Crippen LogP) is 4.54. The molecule has 0 saturated carbocycles. The van der Waals surface area contributed by atoms with Gasteiger partial charge in [0, 0.05) is 29.7 Å². The Morgan fingerprint density at radius 3 is 2.45 bits per heavy atom. The number of nitrogens with zero attached hydrogens (tertiary/aromatic N) is 1. The third-order valence-corrected chi connectivity index (χ3v) is 5.17. The number of carbonyl (C=O) groups is 2. The third kappa shape index (κ3) is 4.72. The van der Waals surface area contributed by atoms with Gasteiger partial charge in [-0.15, -0.1) is 0 Å². The number of hydrogen-bond acceptors (Lipinski definition) is 3. The van der Waals surface area contributed by atoms with Gasteiger partial charge in [-0.05, 0) is 47.5 Å². The Kier molecular flexibility index (Phi) is 5.87. The van der Waals surface area contributed by atoms with E-state index in [0.29, 0.717) is 11.3 Å². The summed E-state index contributed by atoms with van der Waals surface area (Å²) >= 11 is 0. The van der Waals surface area contributed by atoms with Crippen LogP contribution in [0.4, 0.5) is 13.2 Å². The quantitative estimate of drug-likeness (QED) is 0.416. The number of amides is 2. The van der Waals surface area contributed by atoms with E-state index < -0.39 is 17.6 Å². The number of rotatable bonds is 5. The second kappa shape index (κ2) is 8.78. The Hall–Kier alpha value is -4.14. The zero-order chi connectivity index (χ0) is 23.6. The van der Waals surface area contributed by atoms with E-state index >= 15 is 0 Å². The molecular weight excluding hydrogens is 433 g/mol. The second-order valence-electron chi connectivity index (χ2n) is 7.32. The van der Waals surface area contributed by atoms with Crippen molar-refractivity contribution >= 4 is 22.7 Å². The van der Waals surface area contributed by atoms with E-state index in [4.69, 9.17) is 0 Å². The predicted molar refractivity (Wildman–Crippen MR) is 118 cm³/mol. The van der Waals surface area contributed by atoms with Crippen molar-refractivity contribution in [3.8, 4) is 11.1 Å². The molecule has 2 amide bonds. The number of alkyl halides is 3. The molecule has 0 bridgehead atoms. The molecule has 0 aliphatic heterocycles. The summed E-state index contributed by atoms with van der Waals surface area (Å²) in [7, 11) is 1.56. The minimum absolute atomic E-state index is 0.112. The molecular formula is C24H19F3N4O2. The van der Waals surface area contributed by atoms with Crippen molar-refractivity contribution in [1.29, 1.82) is 0 Å². The van der Waals surface area contributed by atoms with Gasteiger partial charge in [0.25, 0.3) is 11.8 Å². The van der Waals surface area contributed by atoms with Crippen molar-refractivity contribution in [1.82, 2.24) is 20.6 Å². The summed E-state index contributed by atoms with van der Waals surface area (Å²) < 4.78 is 38.5. The molecule has 4 rings (SSSR count). The first kappa shape index (κ1) is 22.1. The molecule has 9 heteroatoms. The average molecular weight is 452 g/mol. The molecule has 0 spiro atoms. The molecule has 168 valence electrons. The van der Waals surface area contributed by atoms with Crippen molar-refractivity contribution < 1.29 is 22.8 Å². The van der Waals surface area contributed by atoms with Crippen molar-refractivity contribution in [2.45, 2.75) is 12.7 Å². The van der Waals surface area contributed by atoms with Gasteiger partial charge in [0.05, 0.1) is 17.8 Å². The summed E-state index contributed by atoms with van der Waals surface area (Å²) in [6.07, 6.45) is -3.41. The number of benzene rings is 2. The van der Waals surface area contributed by atoms with Crippen molar-refractivity contribution in [3.05, 3.63) is 89.4 Å². The molecule has 33 heavy (non-hydrogen) atoms. The van der Waals surface area contributed by atoms with E-state index in [9.17, 15) is 22.8 Å². The van der Waals surface area contributed by atoms with Crippen LogP contribution in [0.1, 0.15) is 32.1 Å². The molecule has 2 aromatic carbocycles. The minimum atomic E-state index is -4.47. The number of hydrogen-bond donors (Lipinski definition) is 3. The van der Waals surface area contributed by atoms with E-state index in [2.05, 4.69) is 20.6 Å². The number of halogens is 3. The molecule has 0 fully saturated rings. The molecule has 0 unspecified atom stereocenters. The monoisotopic (exact) mass is 452 g/mol. The van der Waals surface area contributed by atoms with E-state index in [-0.39, 0.29) is 18.1 Å². The highest BCUT2D eigenvalue weighted by atomic mass is 19.4. The maximum atomic E-state index is 12.8. The van der Waals surface area contributed by atoms with Gasteiger partial charge in [0.2, 0.25) is 0 Å². The maximum absolute atomic E-state index is 12.8. The summed E-state index contributed by atoms with van der Waals surface area (Å²) in [4.78, 5) is 31.4. The van der Waals surface area contributed by atoms with Crippen molar-refractivity contribution in [2.75, 3.05) is 7.05 Å². The van der Waals surface area contributed by atoms with Crippen LogP contribution in [0.15, 0.2) is 66.9 Å². The maximum Gasteiger partial charge on any atom is 0.416 e. The SMILES string of the molecule is CNC(=O)c1cc2c(-c3ccc(C(=O)NCc4cc(C(F)(F)F)ccn4)cc3)cccc2[nH]1. The highest BCUT2D eigenvalue weighted by molar-refractivity contribution is 6.03. The molecule has 2 heterocycles. The number of aromatic amines is 1. The Labute approximate surface area is 186 Å². The summed E-state index contributed by atoms with van der Waals surface area (Å²) in [6.45, 7) is -0.130. The Balaban J connectivity index is 1.50. The lowest BCUT2D eigenvalue weighted by atomic mass is 10.00. The fourth-order valence-corrected chi connectivity index (χ4v) is 3.49. The fraction of sp³-hybridized carbons (Fsp3) is 0.125. The summed E-state index contributed by atoms with van der Waals surface area (Å²) in [6, 6.07) is 16.0. The first-order chi connectivity index (χ1) is 15.8. The van der Waals surface area contributed by atoms with Gasteiger partial charge in [-0.3, -0.25) is 14.6 Å².